The Kier molecular flexibility index (Phi) is 2.39. The lowest BCUT2D eigenvalue weighted by molar-refractivity contribution is 0.0738. The van der Waals surface area contributed by atoms with Gasteiger partial charge in [0, 0.05) is 13.0 Å². The van der Waals surface area contributed by atoms with Gasteiger partial charge in [0.1, 0.15) is 6.10 Å². The Morgan fingerprint density at radius 1 is 1.50 bits per heavy atom. The normalized spacial score (nSPS) is 21.2. The van der Waals surface area contributed by atoms with Gasteiger partial charge in [-0.2, -0.15) is 0 Å². The van der Waals surface area contributed by atoms with E-state index in [0.29, 0.717) is 6.54 Å². The zero-order valence-electron chi connectivity index (χ0n) is 8.12. The van der Waals surface area contributed by atoms with Gasteiger partial charge < -0.3 is 10.1 Å². The van der Waals surface area contributed by atoms with Crippen LogP contribution in [0.4, 0.5) is 4.79 Å². The van der Waals surface area contributed by atoms with Gasteiger partial charge in [0.15, 0.2) is 0 Å². The van der Waals surface area contributed by atoms with E-state index in [2.05, 4.69) is 11.4 Å². The van der Waals surface area contributed by atoms with Gasteiger partial charge >= 0.3 is 6.09 Å². The Hall–Kier alpha value is -1.51. The molecule has 1 atom stereocenters. The molecule has 3 heteroatoms. The van der Waals surface area contributed by atoms with Crippen molar-refractivity contribution in [3.8, 4) is 0 Å². The maximum Gasteiger partial charge on any atom is 0.407 e. The fraction of sp³-hybridized carbons (Fsp3) is 0.364. The molecule has 74 valence electrons. The van der Waals surface area contributed by atoms with Gasteiger partial charge in [0.25, 0.3) is 0 Å². The molecule has 0 aliphatic carbocycles. The zero-order chi connectivity index (χ0) is 9.97. The van der Waals surface area contributed by atoms with Gasteiger partial charge in [-0.05, 0) is 12.5 Å². The first-order chi connectivity index (χ1) is 6.75. The molecule has 1 aromatic carbocycles. The molecule has 0 aromatic heterocycles. The Morgan fingerprint density at radius 3 is 3.07 bits per heavy atom. The van der Waals surface area contributed by atoms with E-state index in [1.807, 2.05) is 25.1 Å². The van der Waals surface area contributed by atoms with Crippen LogP contribution in [-0.2, 0) is 4.74 Å². The highest BCUT2D eigenvalue weighted by molar-refractivity contribution is 5.68. The van der Waals surface area contributed by atoms with Gasteiger partial charge in [-0.15, -0.1) is 0 Å². The van der Waals surface area contributed by atoms with E-state index in [4.69, 9.17) is 4.74 Å². The number of amides is 1. The minimum Gasteiger partial charge on any atom is -0.441 e. The molecule has 3 nitrogen and oxygen atoms in total. The van der Waals surface area contributed by atoms with Crippen LogP contribution in [0.3, 0.4) is 0 Å². The molecule has 1 aromatic rings. The summed E-state index contributed by atoms with van der Waals surface area (Å²) in [4.78, 5) is 11.0. The highest BCUT2D eigenvalue weighted by Gasteiger charge is 2.20. The molecule has 0 spiro atoms. The van der Waals surface area contributed by atoms with Crippen LogP contribution in [-0.4, -0.2) is 12.6 Å². The van der Waals surface area contributed by atoms with Crippen LogP contribution in [0.1, 0.15) is 23.7 Å². The van der Waals surface area contributed by atoms with E-state index < -0.39 is 0 Å². The average Bonchev–Trinajstić information content (AvgIpc) is 2.18. The van der Waals surface area contributed by atoms with E-state index in [1.54, 1.807) is 0 Å². The summed E-state index contributed by atoms with van der Waals surface area (Å²) in [6.07, 6.45) is 0.446. The second-order valence-corrected chi connectivity index (χ2v) is 3.52. The van der Waals surface area contributed by atoms with Crippen LogP contribution < -0.4 is 5.32 Å². The molecule has 1 heterocycles. The lowest BCUT2D eigenvalue weighted by Crippen LogP contribution is -2.33. The molecule has 1 fully saturated rings. The van der Waals surface area contributed by atoms with Crippen LogP contribution in [0.15, 0.2) is 24.3 Å². The summed E-state index contributed by atoms with van der Waals surface area (Å²) in [7, 11) is 0. The number of hydrogen-bond donors (Lipinski definition) is 1. The second-order valence-electron chi connectivity index (χ2n) is 3.52. The monoisotopic (exact) mass is 191 g/mol. The first kappa shape index (κ1) is 9.06. The van der Waals surface area contributed by atoms with Gasteiger partial charge in [-0.1, -0.05) is 29.8 Å². The van der Waals surface area contributed by atoms with Crippen molar-refractivity contribution in [3.63, 3.8) is 0 Å². The third-order valence-electron chi connectivity index (χ3n) is 2.34. The smallest absolute Gasteiger partial charge is 0.407 e. The molecule has 1 amide bonds. The molecular formula is C11H13NO2. The van der Waals surface area contributed by atoms with E-state index in [9.17, 15) is 4.79 Å². The minimum atomic E-state index is -0.317. The average molecular weight is 191 g/mol. The molecule has 0 bridgehead atoms. The summed E-state index contributed by atoms with van der Waals surface area (Å²) in [5.41, 5.74) is 2.27. The van der Waals surface area contributed by atoms with E-state index in [0.717, 1.165) is 12.0 Å². The topological polar surface area (TPSA) is 38.3 Å². The Bertz CT molecular complexity index is 349. The lowest BCUT2D eigenvalue weighted by atomic mass is 10.0. The molecular weight excluding hydrogens is 178 g/mol. The standard InChI is InChI=1S/C11H13NO2/c1-8-3-2-4-9(7-8)10-5-6-12-11(13)14-10/h2-4,7,10H,5-6H2,1H3,(H,12,13). The van der Waals surface area contributed by atoms with Crippen LogP contribution >= 0.6 is 0 Å². The van der Waals surface area contributed by atoms with Crippen molar-refractivity contribution in [3.05, 3.63) is 35.4 Å². The fourth-order valence-electron chi connectivity index (χ4n) is 1.64. The molecule has 0 radical (unpaired) electrons. The Labute approximate surface area is 83.1 Å². The predicted octanol–water partition coefficient (Wildman–Crippen LogP) is 2.17. The quantitative estimate of drug-likeness (QED) is 0.738. The summed E-state index contributed by atoms with van der Waals surface area (Å²) in [5, 5.41) is 2.64. The van der Waals surface area contributed by atoms with Crippen molar-refractivity contribution in [2.75, 3.05) is 6.54 Å². The fourth-order valence-corrected chi connectivity index (χ4v) is 1.64. The van der Waals surface area contributed by atoms with Gasteiger partial charge in [0.2, 0.25) is 0 Å². The highest BCUT2D eigenvalue weighted by atomic mass is 16.6. The summed E-state index contributed by atoms with van der Waals surface area (Å²) in [6.45, 7) is 2.73. The molecule has 1 N–H and O–H groups in total. The minimum absolute atomic E-state index is 0.0800. The summed E-state index contributed by atoms with van der Waals surface area (Å²) < 4.78 is 5.18. The van der Waals surface area contributed by atoms with Crippen molar-refractivity contribution in [2.24, 2.45) is 0 Å². The number of aryl methyl sites for hydroxylation is 1. The molecule has 0 saturated carbocycles. The van der Waals surface area contributed by atoms with Crippen LogP contribution in [0.5, 0.6) is 0 Å². The number of alkyl carbamates (subject to hydrolysis) is 1. The first-order valence-corrected chi connectivity index (χ1v) is 4.77. The molecule has 1 unspecified atom stereocenters. The highest BCUT2D eigenvalue weighted by Crippen LogP contribution is 2.23. The van der Waals surface area contributed by atoms with E-state index in [-0.39, 0.29) is 12.2 Å². The van der Waals surface area contributed by atoms with E-state index >= 15 is 0 Å². The van der Waals surface area contributed by atoms with Crippen molar-refractivity contribution in [1.82, 2.24) is 5.32 Å². The Balaban J connectivity index is 2.17. The van der Waals surface area contributed by atoms with Crippen LogP contribution in [0.2, 0.25) is 0 Å². The number of rotatable bonds is 1. The number of carbonyl (C=O) groups is 1. The SMILES string of the molecule is Cc1cccc(C2CCNC(=O)O2)c1. The summed E-state index contributed by atoms with van der Waals surface area (Å²) in [6, 6.07) is 8.08. The van der Waals surface area contributed by atoms with Crippen molar-refractivity contribution >= 4 is 6.09 Å². The van der Waals surface area contributed by atoms with Gasteiger partial charge in [-0.3, -0.25) is 0 Å². The van der Waals surface area contributed by atoms with Gasteiger partial charge in [-0.25, -0.2) is 4.79 Å². The molecule has 14 heavy (non-hydrogen) atoms. The largest absolute Gasteiger partial charge is 0.441 e. The first-order valence-electron chi connectivity index (χ1n) is 4.77. The maximum absolute atomic E-state index is 11.0. The van der Waals surface area contributed by atoms with E-state index in [1.165, 1.54) is 5.56 Å². The Morgan fingerprint density at radius 2 is 2.36 bits per heavy atom. The number of cyclic esters (lactones) is 1. The van der Waals surface area contributed by atoms with Crippen molar-refractivity contribution in [1.29, 1.82) is 0 Å². The number of benzene rings is 1. The third kappa shape index (κ3) is 1.87. The predicted molar refractivity (Wildman–Crippen MR) is 53.0 cm³/mol. The lowest BCUT2D eigenvalue weighted by Gasteiger charge is -2.23. The number of carbonyl (C=O) groups excluding carboxylic acids is 1. The van der Waals surface area contributed by atoms with Crippen LogP contribution in [0.25, 0.3) is 0 Å². The molecule has 2 rings (SSSR count). The zero-order valence-corrected chi connectivity index (χ0v) is 8.12. The number of ether oxygens (including phenoxy) is 1. The molecule has 1 aliphatic heterocycles. The number of hydrogen-bond acceptors (Lipinski definition) is 2. The van der Waals surface area contributed by atoms with Crippen LogP contribution in [0, 0.1) is 6.92 Å². The second kappa shape index (κ2) is 3.70. The molecule has 1 saturated heterocycles. The van der Waals surface area contributed by atoms with Crippen molar-refractivity contribution < 1.29 is 9.53 Å². The summed E-state index contributed by atoms with van der Waals surface area (Å²) in [5.74, 6) is 0. The number of nitrogens with one attached hydrogen (secondary N) is 1. The van der Waals surface area contributed by atoms with Crippen molar-refractivity contribution in [2.45, 2.75) is 19.4 Å². The maximum atomic E-state index is 11.0. The third-order valence-corrected chi connectivity index (χ3v) is 2.34. The van der Waals surface area contributed by atoms with Gasteiger partial charge in [0.05, 0.1) is 0 Å². The summed E-state index contributed by atoms with van der Waals surface area (Å²) >= 11 is 0. The molecule has 1 aliphatic rings.